The fourth-order valence-corrected chi connectivity index (χ4v) is 9.04. The van der Waals surface area contributed by atoms with Crippen molar-refractivity contribution in [2.24, 2.45) is 46.3 Å². The van der Waals surface area contributed by atoms with Crippen LogP contribution in [0.5, 0.6) is 0 Å². The Morgan fingerprint density at radius 3 is 2.50 bits per heavy atom. The third kappa shape index (κ3) is 5.74. The van der Waals surface area contributed by atoms with Crippen LogP contribution in [0.4, 0.5) is 0 Å². The number of fused-ring (bicyclic) bond motifs is 5. The van der Waals surface area contributed by atoms with Crippen molar-refractivity contribution in [3.05, 3.63) is 0 Å². The van der Waals surface area contributed by atoms with E-state index in [0.717, 1.165) is 25.7 Å². The third-order valence-corrected chi connectivity index (χ3v) is 11.0. The van der Waals surface area contributed by atoms with E-state index in [1.54, 1.807) is 0 Å². The standard InChI is InChI=1S/C26H45NO7S.Na.H/c1-15(4-7-23(31)27-10-11-35(32,33)34)18-5-6-19-24-20(14-22(30)26(18,19)3)25(2)9-8-17(28)12-16(25)13-21(24)29;;/h15-22,24,28-30H,4-14H2,1-3H3,(H,27,31)(H,32,33,34);;/t15-,16?,17-,18-,19?,20-,21-,22+,24-,25+,26-;;/m1../s1/i10D2,11D2;;/hD. The van der Waals surface area contributed by atoms with Crippen molar-refractivity contribution in [2.45, 2.75) is 96.9 Å². The summed E-state index contributed by atoms with van der Waals surface area (Å²) in [5.74, 6) is -0.782. The van der Waals surface area contributed by atoms with E-state index >= 15 is 0 Å². The Morgan fingerprint density at radius 1 is 1.14 bits per heavy atom. The quantitative estimate of drug-likeness (QED) is 0.242. The first kappa shape index (κ1) is 24.1. The Bertz CT molecular complexity index is 1100. The number of rotatable bonds is 7. The average Bonchev–Trinajstić information content (AvgIpc) is 3.21. The van der Waals surface area contributed by atoms with Crippen LogP contribution < -0.4 is 5.31 Å². The zero-order chi connectivity index (χ0) is 30.2. The zero-order valence-corrected chi connectivity index (χ0v) is 21.7. The molecule has 4 rings (SSSR count). The van der Waals surface area contributed by atoms with Crippen molar-refractivity contribution in [3.8, 4) is 0 Å². The summed E-state index contributed by atoms with van der Waals surface area (Å²) in [5.41, 5.74) is -4.46. The number of amides is 1. The van der Waals surface area contributed by atoms with Gasteiger partial charge in [-0.15, -0.1) is 0 Å². The summed E-state index contributed by atoms with van der Waals surface area (Å²) in [6, 6.07) is 0. The topological polar surface area (TPSA) is 144 Å². The summed E-state index contributed by atoms with van der Waals surface area (Å²) in [7, 11) is -5.56. The van der Waals surface area contributed by atoms with Crippen molar-refractivity contribution < 1.29 is 40.0 Å². The molecule has 36 heavy (non-hydrogen) atoms. The van der Waals surface area contributed by atoms with Gasteiger partial charge in [-0.2, -0.15) is 8.42 Å². The first-order valence-corrected chi connectivity index (χ1v) is 14.5. The van der Waals surface area contributed by atoms with E-state index in [1.807, 2.05) is 6.92 Å². The molecule has 2 unspecified atom stereocenters. The Morgan fingerprint density at radius 2 is 1.83 bits per heavy atom. The Kier molecular flexibility index (Phi) is 7.63. The molecule has 0 spiro atoms. The fraction of sp³-hybridized carbons (Fsp3) is 0.962. The first-order valence-electron chi connectivity index (χ1n) is 15.5. The molecule has 0 radical (unpaired) electrons. The van der Waals surface area contributed by atoms with Gasteiger partial charge in [0.05, 0.1) is 26.8 Å². The number of nitrogens with one attached hydrogen (secondary N) is 1. The van der Waals surface area contributed by atoms with Crippen LogP contribution in [0.15, 0.2) is 0 Å². The van der Waals surface area contributed by atoms with Crippen LogP contribution in [0.3, 0.4) is 0 Å². The number of carbonyl (C=O) groups is 1. The molecule has 1 amide bonds. The number of aliphatic hydroxyl groups is 3. The van der Waals surface area contributed by atoms with Crippen molar-refractivity contribution in [1.29, 1.82) is 0 Å². The first-order chi connectivity index (χ1) is 18.2. The van der Waals surface area contributed by atoms with Gasteiger partial charge >= 0.3 is 29.6 Å². The van der Waals surface area contributed by atoms with Crippen molar-refractivity contribution in [2.75, 3.05) is 12.2 Å². The summed E-state index contributed by atoms with van der Waals surface area (Å²) in [5, 5.41) is 33.0. The van der Waals surface area contributed by atoms with E-state index < -0.39 is 45.9 Å². The molecule has 0 aliphatic heterocycles. The van der Waals surface area contributed by atoms with E-state index in [0.29, 0.717) is 19.3 Å². The number of hydrogen-bond acceptors (Lipinski definition) is 6. The summed E-state index contributed by atoms with van der Waals surface area (Å²) >= 11 is 0. The second kappa shape index (κ2) is 11.4. The van der Waals surface area contributed by atoms with Crippen molar-refractivity contribution in [3.63, 3.8) is 0 Å². The van der Waals surface area contributed by atoms with Gasteiger partial charge in [-0.3, -0.25) is 9.35 Å². The molecule has 0 bridgehead atoms. The molecule has 11 atom stereocenters. The van der Waals surface area contributed by atoms with Crippen LogP contribution in [0.1, 0.15) is 84.0 Å². The van der Waals surface area contributed by atoms with Crippen molar-refractivity contribution in [1.82, 2.24) is 5.31 Å². The van der Waals surface area contributed by atoms with Crippen LogP contribution in [0, 0.1) is 46.3 Å². The van der Waals surface area contributed by atoms with Crippen LogP contribution in [-0.4, -0.2) is 94.3 Å². The maximum absolute atomic E-state index is 12.7. The van der Waals surface area contributed by atoms with Gasteiger partial charge in [0.2, 0.25) is 5.91 Å². The van der Waals surface area contributed by atoms with E-state index in [-0.39, 0.29) is 94.7 Å². The van der Waals surface area contributed by atoms with Gasteiger partial charge in [-0.25, -0.2) is 0 Å². The Balaban J connectivity index is 0.00000462. The zero-order valence-electron chi connectivity index (χ0n) is 25.9. The molecular weight excluding hydrogens is 493 g/mol. The third-order valence-electron chi connectivity index (χ3n) is 10.7. The molecule has 4 aliphatic rings. The van der Waals surface area contributed by atoms with E-state index in [1.165, 1.54) is 0 Å². The molecule has 4 fully saturated rings. The predicted octanol–water partition coefficient (Wildman–Crippen LogP) is 1.72. The molecule has 0 aromatic rings. The Hall–Kier alpha value is 0.260. The monoisotopic (exact) mass is 544 g/mol. The molecule has 4 saturated carbocycles. The number of hydrogen-bond donors (Lipinski definition) is 5. The van der Waals surface area contributed by atoms with Crippen LogP contribution in [0.25, 0.3) is 0 Å². The predicted molar refractivity (Wildman–Crippen MR) is 139 cm³/mol. The molecule has 0 heterocycles. The van der Waals surface area contributed by atoms with Gasteiger partial charge in [0.1, 0.15) is 0 Å². The summed E-state index contributed by atoms with van der Waals surface area (Å²) < 4.78 is 70.1. The van der Waals surface area contributed by atoms with E-state index in [4.69, 9.17) is 11.4 Å². The van der Waals surface area contributed by atoms with E-state index in [9.17, 15) is 28.5 Å². The molecular formula is C26H46NNaO7S. The van der Waals surface area contributed by atoms with Gasteiger partial charge < -0.3 is 20.6 Å². The molecule has 10 heteroatoms. The van der Waals surface area contributed by atoms with Gasteiger partial charge in [0, 0.05) is 15.7 Å². The molecule has 0 aromatic carbocycles. The summed E-state index contributed by atoms with van der Waals surface area (Å²) in [4.78, 5) is 12.7. The molecule has 4 aliphatic carbocycles. The fourth-order valence-electron chi connectivity index (χ4n) is 8.88. The van der Waals surface area contributed by atoms with Crippen LogP contribution in [0.2, 0.25) is 1.41 Å². The maximum atomic E-state index is 12.7. The number of aliphatic hydroxyl groups excluding tert-OH is 3. The van der Waals surface area contributed by atoms with Crippen molar-refractivity contribution >= 4 is 45.6 Å². The average molecular weight is 545 g/mol. The summed E-state index contributed by atoms with van der Waals surface area (Å²) in [6.45, 7) is 2.64. The second-order valence-electron chi connectivity index (χ2n) is 12.2. The van der Waals surface area contributed by atoms with Crippen LogP contribution in [-0.2, 0) is 14.9 Å². The van der Waals surface area contributed by atoms with Gasteiger partial charge in [0.25, 0.3) is 10.1 Å². The minimum atomic E-state index is -5.56. The molecule has 0 aromatic heterocycles. The van der Waals surface area contributed by atoms with Gasteiger partial charge in [-0.1, -0.05) is 20.8 Å². The van der Waals surface area contributed by atoms with Crippen LogP contribution >= 0.6 is 0 Å². The van der Waals surface area contributed by atoms with Gasteiger partial charge in [-0.05, 0) is 97.7 Å². The Labute approximate surface area is 245 Å². The summed E-state index contributed by atoms with van der Waals surface area (Å²) in [6.07, 6.45) is 3.48. The molecule has 204 valence electrons. The van der Waals surface area contributed by atoms with Gasteiger partial charge in [0.15, 0.2) is 1.41 Å². The SMILES string of the molecule is [2H]N(C(=O)CC[C@@H](C)[C@H]1CCC2[C@H]3[C@H](O)CC4C[C@H](O)CC[C@]4(C)[C@@H]3C[C@H](O)[C@@]21C)C([2H])([2H])C([2H])([2H])S(=O)(=O)O.[NaH]. The molecule has 0 saturated heterocycles. The molecule has 8 nitrogen and oxygen atoms in total. The molecule has 5 N–H and O–H groups in total. The minimum absolute atomic E-state index is 0. The number of carbonyl (C=O) groups excluding carboxylic acids is 1. The second-order valence-corrected chi connectivity index (χ2v) is 13.4. The normalized spacial score (nSPS) is 47.8. The van der Waals surface area contributed by atoms with E-state index in [2.05, 4.69) is 13.8 Å².